The second-order valence-electron chi connectivity index (χ2n) is 4.22. The number of hydrogen-bond acceptors (Lipinski definition) is 5. The third-order valence-corrected chi connectivity index (χ3v) is 2.93. The summed E-state index contributed by atoms with van der Waals surface area (Å²) in [5, 5.41) is 23.6. The summed E-state index contributed by atoms with van der Waals surface area (Å²) in [5.41, 5.74) is -0.330. The average Bonchev–Trinajstić information content (AvgIpc) is 2.34. The zero-order valence-corrected chi connectivity index (χ0v) is 9.73. The van der Waals surface area contributed by atoms with Crippen LogP contribution in [0.15, 0.2) is 12.1 Å². The number of nitrogens with zero attached hydrogens (tertiary/aromatic N) is 2. The Hall–Kier alpha value is -1.73. The molecule has 7 heteroatoms. The summed E-state index contributed by atoms with van der Waals surface area (Å²) in [6.07, 6.45) is 0. The van der Waals surface area contributed by atoms with Crippen molar-refractivity contribution < 1.29 is 14.4 Å². The van der Waals surface area contributed by atoms with Gasteiger partial charge in [0.2, 0.25) is 0 Å². The van der Waals surface area contributed by atoms with E-state index < -0.39 is 22.2 Å². The second-order valence-corrected chi connectivity index (χ2v) is 4.22. The van der Waals surface area contributed by atoms with E-state index in [1.807, 2.05) is 4.90 Å². The van der Waals surface area contributed by atoms with Crippen LogP contribution in [-0.2, 0) is 6.54 Å². The number of piperazine rings is 1. The number of nitro groups is 1. The Kier molecular flexibility index (Phi) is 3.73. The first-order chi connectivity index (χ1) is 8.58. The lowest BCUT2D eigenvalue weighted by Gasteiger charge is -2.27. The van der Waals surface area contributed by atoms with Crippen molar-refractivity contribution >= 4 is 5.69 Å². The molecule has 18 heavy (non-hydrogen) atoms. The maximum atomic E-state index is 13.3. The quantitative estimate of drug-likeness (QED) is 0.618. The van der Waals surface area contributed by atoms with Gasteiger partial charge in [-0.3, -0.25) is 15.0 Å². The van der Waals surface area contributed by atoms with Crippen LogP contribution in [0, 0.1) is 15.9 Å². The molecule has 0 unspecified atom stereocenters. The molecule has 0 bridgehead atoms. The van der Waals surface area contributed by atoms with Crippen LogP contribution in [0.2, 0.25) is 0 Å². The van der Waals surface area contributed by atoms with Crippen molar-refractivity contribution in [3.8, 4) is 5.75 Å². The van der Waals surface area contributed by atoms with E-state index in [0.29, 0.717) is 6.54 Å². The van der Waals surface area contributed by atoms with E-state index in [9.17, 15) is 19.6 Å². The molecular weight excluding hydrogens is 241 g/mol. The summed E-state index contributed by atoms with van der Waals surface area (Å²) >= 11 is 0. The molecule has 2 rings (SSSR count). The Morgan fingerprint density at radius 2 is 2.11 bits per heavy atom. The molecule has 98 valence electrons. The summed E-state index contributed by atoms with van der Waals surface area (Å²) in [7, 11) is 0. The van der Waals surface area contributed by atoms with E-state index in [4.69, 9.17) is 0 Å². The first-order valence-corrected chi connectivity index (χ1v) is 5.67. The molecule has 0 atom stereocenters. The Balaban J connectivity index is 2.23. The van der Waals surface area contributed by atoms with Crippen LogP contribution in [0.3, 0.4) is 0 Å². The monoisotopic (exact) mass is 255 g/mol. The third kappa shape index (κ3) is 2.74. The normalized spacial score (nSPS) is 16.7. The van der Waals surface area contributed by atoms with E-state index in [1.165, 1.54) is 0 Å². The molecule has 1 fully saturated rings. The lowest BCUT2D eigenvalue weighted by molar-refractivity contribution is -0.386. The smallest absolute Gasteiger partial charge is 0.313 e. The molecule has 1 aromatic carbocycles. The maximum absolute atomic E-state index is 13.3. The largest absolute Gasteiger partial charge is 0.502 e. The molecule has 1 aromatic rings. The van der Waals surface area contributed by atoms with Crippen LogP contribution >= 0.6 is 0 Å². The van der Waals surface area contributed by atoms with Crippen molar-refractivity contribution in [1.82, 2.24) is 10.2 Å². The predicted octanol–water partition coefficient (Wildman–Crippen LogP) is 0.845. The van der Waals surface area contributed by atoms with Crippen LogP contribution < -0.4 is 5.32 Å². The van der Waals surface area contributed by atoms with Gasteiger partial charge < -0.3 is 10.4 Å². The van der Waals surface area contributed by atoms with Gasteiger partial charge in [0, 0.05) is 38.3 Å². The Labute approximate surface area is 103 Å². The minimum absolute atomic E-state index is 0.253. The molecule has 2 N–H and O–H groups in total. The van der Waals surface area contributed by atoms with E-state index >= 15 is 0 Å². The fourth-order valence-corrected chi connectivity index (χ4v) is 2.01. The molecule has 0 radical (unpaired) electrons. The first kappa shape index (κ1) is 12.7. The van der Waals surface area contributed by atoms with Gasteiger partial charge in [0.05, 0.1) is 11.0 Å². The molecule has 0 aliphatic carbocycles. The van der Waals surface area contributed by atoms with Gasteiger partial charge in [-0.05, 0) is 6.07 Å². The minimum Gasteiger partial charge on any atom is -0.502 e. The fraction of sp³-hybridized carbons (Fsp3) is 0.455. The van der Waals surface area contributed by atoms with Gasteiger partial charge in [-0.1, -0.05) is 0 Å². The van der Waals surface area contributed by atoms with Gasteiger partial charge >= 0.3 is 5.69 Å². The molecule has 1 heterocycles. The zero-order valence-electron chi connectivity index (χ0n) is 9.73. The van der Waals surface area contributed by atoms with Crippen molar-refractivity contribution in [3.63, 3.8) is 0 Å². The van der Waals surface area contributed by atoms with E-state index in [1.54, 1.807) is 0 Å². The first-order valence-electron chi connectivity index (χ1n) is 5.67. The number of nitrogens with one attached hydrogen (secondary N) is 1. The molecular formula is C11H14FN3O3. The van der Waals surface area contributed by atoms with E-state index in [-0.39, 0.29) is 5.56 Å². The third-order valence-electron chi connectivity index (χ3n) is 2.93. The number of aromatic hydroxyl groups is 1. The van der Waals surface area contributed by atoms with Crippen LogP contribution in [0.25, 0.3) is 0 Å². The number of hydrogen-bond donors (Lipinski definition) is 2. The van der Waals surface area contributed by atoms with Crippen molar-refractivity contribution in [2.45, 2.75) is 6.54 Å². The molecule has 6 nitrogen and oxygen atoms in total. The van der Waals surface area contributed by atoms with Crippen LogP contribution in [0.1, 0.15) is 5.56 Å². The maximum Gasteiger partial charge on any atom is 0.313 e. The fourth-order valence-electron chi connectivity index (χ4n) is 2.01. The highest BCUT2D eigenvalue weighted by Gasteiger charge is 2.21. The Bertz CT molecular complexity index is 461. The number of phenolic OH excluding ortho intramolecular Hbond substituents is 1. The molecule has 1 aliphatic rings. The zero-order chi connectivity index (χ0) is 13.1. The van der Waals surface area contributed by atoms with Gasteiger partial charge in [-0.2, -0.15) is 0 Å². The van der Waals surface area contributed by atoms with Crippen molar-refractivity contribution in [3.05, 3.63) is 33.6 Å². The van der Waals surface area contributed by atoms with Crippen molar-refractivity contribution in [2.24, 2.45) is 0 Å². The Morgan fingerprint density at radius 1 is 1.44 bits per heavy atom. The summed E-state index contributed by atoms with van der Waals surface area (Å²) in [5.74, 6) is -1.15. The van der Waals surface area contributed by atoms with Gasteiger partial charge in [-0.25, -0.2) is 4.39 Å². The van der Waals surface area contributed by atoms with Gasteiger partial charge in [0.1, 0.15) is 5.82 Å². The molecule has 0 saturated carbocycles. The molecule has 1 aliphatic heterocycles. The van der Waals surface area contributed by atoms with Gasteiger partial charge in [-0.15, -0.1) is 0 Å². The molecule has 0 amide bonds. The average molecular weight is 255 g/mol. The molecule has 0 spiro atoms. The standard InChI is InChI=1S/C11H14FN3O3/c12-9-5-8(7-14-3-1-13-2-4-14)11(16)10(6-9)15(17)18/h5-6,13,16H,1-4,7H2. The van der Waals surface area contributed by atoms with Crippen LogP contribution in [0.4, 0.5) is 10.1 Å². The summed E-state index contributed by atoms with van der Waals surface area (Å²) in [4.78, 5) is 11.9. The van der Waals surface area contributed by atoms with Gasteiger partial charge in [0.15, 0.2) is 5.75 Å². The van der Waals surface area contributed by atoms with Crippen LogP contribution in [-0.4, -0.2) is 41.1 Å². The predicted molar refractivity (Wildman–Crippen MR) is 62.9 cm³/mol. The Morgan fingerprint density at radius 3 is 2.72 bits per heavy atom. The number of benzene rings is 1. The topological polar surface area (TPSA) is 78.6 Å². The highest BCUT2D eigenvalue weighted by atomic mass is 19.1. The van der Waals surface area contributed by atoms with E-state index in [2.05, 4.69) is 5.32 Å². The van der Waals surface area contributed by atoms with Crippen molar-refractivity contribution in [1.29, 1.82) is 0 Å². The lowest BCUT2D eigenvalue weighted by Crippen LogP contribution is -2.42. The number of halogens is 1. The highest BCUT2D eigenvalue weighted by molar-refractivity contribution is 5.51. The SMILES string of the molecule is O=[N+]([O-])c1cc(F)cc(CN2CCNCC2)c1O. The number of rotatable bonds is 3. The second kappa shape index (κ2) is 5.28. The number of nitro benzene ring substituents is 1. The summed E-state index contributed by atoms with van der Waals surface area (Å²) in [6, 6.07) is 1.88. The van der Waals surface area contributed by atoms with E-state index in [0.717, 1.165) is 38.3 Å². The summed E-state index contributed by atoms with van der Waals surface area (Å²) in [6.45, 7) is 3.48. The number of phenols is 1. The molecule has 0 aromatic heterocycles. The summed E-state index contributed by atoms with van der Waals surface area (Å²) < 4.78 is 13.3. The highest BCUT2D eigenvalue weighted by Crippen LogP contribution is 2.31. The lowest BCUT2D eigenvalue weighted by atomic mass is 10.1. The van der Waals surface area contributed by atoms with Gasteiger partial charge in [0.25, 0.3) is 0 Å². The minimum atomic E-state index is -0.778. The molecule has 1 saturated heterocycles. The van der Waals surface area contributed by atoms with Crippen molar-refractivity contribution in [2.75, 3.05) is 26.2 Å². The van der Waals surface area contributed by atoms with Crippen LogP contribution in [0.5, 0.6) is 5.75 Å².